The smallest absolute Gasteiger partial charge is 0.303 e. The van der Waals surface area contributed by atoms with E-state index in [1.807, 2.05) is 25.1 Å². The molecule has 0 unspecified atom stereocenters. The summed E-state index contributed by atoms with van der Waals surface area (Å²) in [5.74, 6) is -0.0295. The molecule has 0 aliphatic carbocycles. The summed E-state index contributed by atoms with van der Waals surface area (Å²) in [7, 11) is 0. The molecule has 0 atom stereocenters. The van der Waals surface area contributed by atoms with E-state index in [0.717, 1.165) is 36.8 Å². The zero-order valence-corrected chi connectivity index (χ0v) is 10.5. The van der Waals surface area contributed by atoms with Gasteiger partial charge in [-0.1, -0.05) is 12.5 Å². The minimum absolute atomic E-state index is 0.265. The maximum atomic E-state index is 10.4. The molecular formula is C14H17NO3. The number of fused-ring (bicyclic) bond motifs is 1. The quantitative estimate of drug-likeness (QED) is 0.795. The van der Waals surface area contributed by atoms with Gasteiger partial charge in [-0.15, -0.1) is 0 Å². The number of aliphatic carboxylic acids is 1. The lowest BCUT2D eigenvalue weighted by Crippen LogP contribution is -1.94. The van der Waals surface area contributed by atoms with Gasteiger partial charge >= 0.3 is 5.97 Å². The van der Waals surface area contributed by atoms with Crippen molar-refractivity contribution in [3.05, 3.63) is 29.7 Å². The van der Waals surface area contributed by atoms with Crippen LogP contribution in [0.15, 0.2) is 22.6 Å². The number of aryl methyl sites for hydroxylation is 2. The van der Waals surface area contributed by atoms with Gasteiger partial charge < -0.3 is 9.52 Å². The molecule has 96 valence electrons. The fraction of sp³-hybridized carbons (Fsp3) is 0.429. The molecule has 0 amide bonds. The Morgan fingerprint density at radius 3 is 2.94 bits per heavy atom. The van der Waals surface area contributed by atoms with Crippen LogP contribution in [0.25, 0.3) is 11.1 Å². The topological polar surface area (TPSA) is 63.3 Å². The molecule has 0 bridgehead atoms. The van der Waals surface area contributed by atoms with Crippen LogP contribution in [-0.4, -0.2) is 16.1 Å². The van der Waals surface area contributed by atoms with Gasteiger partial charge in [0.15, 0.2) is 11.5 Å². The number of carboxylic acid groups (broad SMARTS) is 1. The maximum Gasteiger partial charge on any atom is 0.303 e. The van der Waals surface area contributed by atoms with Crippen LogP contribution in [0.1, 0.15) is 37.1 Å². The molecule has 0 spiro atoms. The van der Waals surface area contributed by atoms with Crippen LogP contribution in [0.2, 0.25) is 0 Å². The summed E-state index contributed by atoms with van der Waals surface area (Å²) in [5.41, 5.74) is 2.95. The second kappa shape index (κ2) is 5.67. The first-order chi connectivity index (χ1) is 8.65. The standard InChI is InChI=1S/C14H17NO3/c1-10-15-12-9-11(7-8-13(12)18-10)5-3-2-4-6-14(16)17/h7-9H,2-6H2,1H3,(H,16,17). The van der Waals surface area contributed by atoms with Gasteiger partial charge in [0, 0.05) is 13.3 Å². The Morgan fingerprint density at radius 1 is 1.33 bits per heavy atom. The van der Waals surface area contributed by atoms with Gasteiger partial charge in [-0.3, -0.25) is 4.79 Å². The van der Waals surface area contributed by atoms with Crippen molar-refractivity contribution in [3.63, 3.8) is 0 Å². The van der Waals surface area contributed by atoms with Crippen molar-refractivity contribution in [1.29, 1.82) is 0 Å². The predicted molar refractivity (Wildman–Crippen MR) is 68.6 cm³/mol. The van der Waals surface area contributed by atoms with E-state index in [9.17, 15) is 4.79 Å². The third kappa shape index (κ3) is 3.32. The summed E-state index contributed by atoms with van der Waals surface area (Å²) in [6.07, 6.45) is 3.93. The second-order valence-electron chi connectivity index (χ2n) is 4.49. The van der Waals surface area contributed by atoms with E-state index >= 15 is 0 Å². The summed E-state index contributed by atoms with van der Waals surface area (Å²) in [6.45, 7) is 1.84. The molecule has 4 nitrogen and oxygen atoms in total. The minimum Gasteiger partial charge on any atom is -0.481 e. The Morgan fingerprint density at radius 2 is 2.17 bits per heavy atom. The van der Waals surface area contributed by atoms with E-state index in [2.05, 4.69) is 4.98 Å². The number of carbonyl (C=O) groups is 1. The van der Waals surface area contributed by atoms with Crippen LogP contribution < -0.4 is 0 Å². The van der Waals surface area contributed by atoms with Crippen molar-refractivity contribution < 1.29 is 14.3 Å². The molecule has 0 aliphatic rings. The normalized spacial score (nSPS) is 10.9. The summed E-state index contributed by atoms with van der Waals surface area (Å²) >= 11 is 0. The average molecular weight is 247 g/mol. The average Bonchev–Trinajstić information content (AvgIpc) is 2.67. The summed E-state index contributed by atoms with van der Waals surface area (Å²) < 4.78 is 5.42. The first kappa shape index (κ1) is 12.6. The molecule has 1 N–H and O–H groups in total. The van der Waals surface area contributed by atoms with Crippen molar-refractivity contribution >= 4 is 17.1 Å². The van der Waals surface area contributed by atoms with E-state index in [-0.39, 0.29) is 6.42 Å². The predicted octanol–water partition coefficient (Wildman–Crippen LogP) is 3.32. The first-order valence-electron chi connectivity index (χ1n) is 6.23. The fourth-order valence-corrected chi connectivity index (χ4v) is 2.03. The van der Waals surface area contributed by atoms with Crippen LogP contribution in [0.4, 0.5) is 0 Å². The van der Waals surface area contributed by atoms with Gasteiger partial charge in [0.25, 0.3) is 0 Å². The van der Waals surface area contributed by atoms with Gasteiger partial charge in [0.2, 0.25) is 0 Å². The zero-order chi connectivity index (χ0) is 13.0. The van der Waals surface area contributed by atoms with Gasteiger partial charge in [-0.2, -0.15) is 0 Å². The number of carboxylic acids is 1. The third-order valence-corrected chi connectivity index (χ3v) is 2.92. The molecule has 1 aromatic carbocycles. The molecule has 0 aliphatic heterocycles. The summed E-state index contributed by atoms with van der Waals surface area (Å²) in [6, 6.07) is 6.04. The van der Waals surface area contributed by atoms with E-state index in [1.165, 1.54) is 5.56 Å². The summed E-state index contributed by atoms with van der Waals surface area (Å²) in [4.78, 5) is 14.7. The first-order valence-corrected chi connectivity index (χ1v) is 6.23. The molecule has 2 rings (SSSR count). The van der Waals surface area contributed by atoms with E-state index in [4.69, 9.17) is 9.52 Å². The number of rotatable bonds is 6. The van der Waals surface area contributed by atoms with Gasteiger partial charge in [-0.25, -0.2) is 4.98 Å². The van der Waals surface area contributed by atoms with Crippen LogP contribution in [-0.2, 0) is 11.2 Å². The zero-order valence-electron chi connectivity index (χ0n) is 10.5. The van der Waals surface area contributed by atoms with Crippen molar-refractivity contribution in [2.45, 2.75) is 39.0 Å². The van der Waals surface area contributed by atoms with E-state index in [0.29, 0.717) is 5.89 Å². The lowest BCUT2D eigenvalue weighted by atomic mass is 10.1. The van der Waals surface area contributed by atoms with E-state index in [1.54, 1.807) is 0 Å². The Balaban J connectivity index is 1.86. The molecule has 0 fully saturated rings. The number of nitrogens with zero attached hydrogens (tertiary/aromatic N) is 1. The molecule has 2 aromatic rings. The molecule has 0 saturated carbocycles. The van der Waals surface area contributed by atoms with Crippen molar-refractivity contribution in [2.75, 3.05) is 0 Å². The van der Waals surface area contributed by atoms with Crippen molar-refractivity contribution in [1.82, 2.24) is 4.98 Å². The molecular weight excluding hydrogens is 230 g/mol. The minimum atomic E-state index is -0.713. The number of benzene rings is 1. The molecule has 18 heavy (non-hydrogen) atoms. The molecule has 4 heteroatoms. The molecule has 0 radical (unpaired) electrons. The van der Waals surface area contributed by atoms with Crippen LogP contribution >= 0.6 is 0 Å². The highest BCUT2D eigenvalue weighted by Gasteiger charge is 2.03. The third-order valence-electron chi connectivity index (χ3n) is 2.92. The van der Waals surface area contributed by atoms with Crippen LogP contribution in [0.5, 0.6) is 0 Å². The van der Waals surface area contributed by atoms with Crippen LogP contribution in [0, 0.1) is 6.92 Å². The van der Waals surface area contributed by atoms with Gasteiger partial charge in [0.1, 0.15) is 5.52 Å². The van der Waals surface area contributed by atoms with Gasteiger partial charge in [-0.05, 0) is 37.0 Å². The number of oxazole rings is 1. The Hall–Kier alpha value is -1.84. The number of hydrogen-bond donors (Lipinski definition) is 1. The highest BCUT2D eigenvalue weighted by Crippen LogP contribution is 2.18. The number of unbranched alkanes of at least 4 members (excludes halogenated alkanes) is 2. The largest absolute Gasteiger partial charge is 0.481 e. The fourth-order valence-electron chi connectivity index (χ4n) is 2.03. The Bertz CT molecular complexity index is 545. The summed E-state index contributed by atoms with van der Waals surface area (Å²) in [5, 5.41) is 8.53. The highest BCUT2D eigenvalue weighted by molar-refractivity contribution is 5.73. The molecule has 1 heterocycles. The monoisotopic (exact) mass is 247 g/mol. The lowest BCUT2D eigenvalue weighted by molar-refractivity contribution is -0.137. The maximum absolute atomic E-state index is 10.4. The number of hydrogen-bond acceptors (Lipinski definition) is 3. The van der Waals surface area contributed by atoms with E-state index < -0.39 is 5.97 Å². The molecule has 0 saturated heterocycles. The Kier molecular flexibility index (Phi) is 3.97. The SMILES string of the molecule is Cc1nc2cc(CCCCCC(=O)O)ccc2o1. The van der Waals surface area contributed by atoms with Crippen molar-refractivity contribution in [3.8, 4) is 0 Å². The Labute approximate surface area is 106 Å². The number of aromatic nitrogens is 1. The van der Waals surface area contributed by atoms with Crippen molar-refractivity contribution in [2.24, 2.45) is 0 Å². The second-order valence-corrected chi connectivity index (χ2v) is 4.49. The highest BCUT2D eigenvalue weighted by atomic mass is 16.4. The molecule has 1 aromatic heterocycles. The lowest BCUT2D eigenvalue weighted by Gasteiger charge is -2.00. The van der Waals surface area contributed by atoms with Gasteiger partial charge in [0.05, 0.1) is 0 Å². The van der Waals surface area contributed by atoms with Crippen LogP contribution in [0.3, 0.4) is 0 Å².